The highest BCUT2D eigenvalue weighted by molar-refractivity contribution is 7.15. The van der Waals surface area contributed by atoms with Crippen molar-refractivity contribution in [1.29, 1.82) is 0 Å². The van der Waals surface area contributed by atoms with Gasteiger partial charge >= 0.3 is 0 Å². The third-order valence-electron chi connectivity index (χ3n) is 2.23. The molecule has 1 aliphatic rings. The number of nitrogens with one attached hydrogen (secondary N) is 1. The predicted octanol–water partition coefficient (Wildman–Crippen LogP) is 1.39. The summed E-state index contributed by atoms with van der Waals surface area (Å²) in [7, 11) is 0. The third-order valence-corrected chi connectivity index (χ3v) is 3.34. The van der Waals surface area contributed by atoms with Crippen molar-refractivity contribution in [3.63, 3.8) is 0 Å². The molecule has 3 N–H and O–H groups in total. The molecule has 13 heavy (non-hydrogen) atoms. The summed E-state index contributed by atoms with van der Waals surface area (Å²) < 4.78 is 0. The van der Waals surface area contributed by atoms with E-state index in [1.807, 2.05) is 0 Å². The molecule has 0 saturated carbocycles. The van der Waals surface area contributed by atoms with Crippen LogP contribution in [0.15, 0.2) is 0 Å². The van der Waals surface area contributed by atoms with E-state index in [2.05, 4.69) is 10.3 Å². The van der Waals surface area contributed by atoms with Crippen molar-refractivity contribution in [3.05, 3.63) is 10.7 Å². The van der Waals surface area contributed by atoms with E-state index >= 15 is 0 Å². The fourth-order valence-corrected chi connectivity index (χ4v) is 2.61. The molecule has 1 aromatic rings. The van der Waals surface area contributed by atoms with Crippen LogP contribution < -0.4 is 11.1 Å². The Morgan fingerprint density at radius 1 is 1.46 bits per heavy atom. The highest BCUT2D eigenvalue weighted by Crippen LogP contribution is 2.28. The number of thiazole rings is 1. The molecular formula is C9H15N3S. The Kier molecular flexibility index (Phi) is 2.80. The molecule has 0 aliphatic carbocycles. The normalized spacial score (nSPS) is 16.1. The zero-order chi connectivity index (χ0) is 9.10. The van der Waals surface area contributed by atoms with E-state index in [4.69, 9.17) is 5.73 Å². The van der Waals surface area contributed by atoms with E-state index in [1.165, 1.54) is 28.5 Å². The molecular weight excluding hydrogens is 182 g/mol. The van der Waals surface area contributed by atoms with Crippen LogP contribution in [-0.4, -0.2) is 18.1 Å². The van der Waals surface area contributed by atoms with Crippen LogP contribution in [0, 0.1) is 0 Å². The van der Waals surface area contributed by atoms with Gasteiger partial charge in [0.25, 0.3) is 0 Å². The predicted molar refractivity (Wildman–Crippen MR) is 56.3 cm³/mol. The fourth-order valence-electron chi connectivity index (χ4n) is 1.56. The van der Waals surface area contributed by atoms with Crippen molar-refractivity contribution < 1.29 is 0 Å². The van der Waals surface area contributed by atoms with Gasteiger partial charge in [-0.05, 0) is 25.8 Å². The largest absolute Gasteiger partial charge is 0.375 e. The second kappa shape index (κ2) is 4.07. The van der Waals surface area contributed by atoms with Gasteiger partial charge in [-0.1, -0.05) is 0 Å². The van der Waals surface area contributed by atoms with E-state index in [1.54, 1.807) is 11.3 Å². The Labute approximate surface area is 82.4 Å². The molecule has 0 radical (unpaired) electrons. The first kappa shape index (κ1) is 8.97. The molecule has 72 valence electrons. The lowest BCUT2D eigenvalue weighted by Crippen LogP contribution is -2.02. The van der Waals surface area contributed by atoms with Gasteiger partial charge in [0.2, 0.25) is 0 Å². The highest BCUT2D eigenvalue weighted by atomic mass is 32.1. The number of nitrogens with two attached hydrogens (primary N) is 1. The Hall–Kier alpha value is -0.610. The molecule has 1 aliphatic heterocycles. The van der Waals surface area contributed by atoms with E-state index in [0.717, 1.165) is 19.4 Å². The molecule has 0 bridgehead atoms. The van der Waals surface area contributed by atoms with E-state index in [9.17, 15) is 0 Å². The summed E-state index contributed by atoms with van der Waals surface area (Å²) in [5.74, 6) is 0. The summed E-state index contributed by atoms with van der Waals surface area (Å²) >= 11 is 1.77. The number of aromatic nitrogens is 1. The molecule has 0 saturated heterocycles. The molecule has 3 nitrogen and oxygen atoms in total. The van der Waals surface area contributed by atoms with Gasteiger partial charge in [0.1, 0.15) is 5.00 Å². The number of aryl methyl sites for hydroxylation is 1. The number of anilines is 1. The van der Waals surface area contributed by atoms with Crippen LogP contribution in [-0.2, 0) is 12.8 Å². The van der Waals surface area contributed by atoms with Gasteiger partial charge in [0, 0.05) is 13.0 Å². The maximum absolute atomic E-state index is 5.50. The first-order valence-corrected chi connectivity index (χ1v) is 5.64. The Morgan fingerprint density at radius 2 is 2.38 bits per heavy atom. The second-order valence-electron chi connectivity index (χ2n) is 3.31. The molecule has 0 amide bonds. The van der Waals surface area contributed by atoms with E-state index in [0.29, 0.717) is 6.54 Å². The summed E-state index contributed by atoms with van der Waals surface area (Å²) in [5, 5.41) is 5.88. The fraction of sp³-hybridized carbons (Fsp3) is 0.667. The van der Waals surface area contributed by atoms with Crippen molar-refractivity contribution in [3.8, 4) is 0 Å². The van der Waals surface area contributed by atoms with Crippen LogP contribution in [0.1, 0.15) is 23.5 Å². The average Bonchev–Trinajstić information content (AvgIpc) is 2.37. The van der Waals surface area contributed by atoms with Crippen molar-refractivity contribution in [2.75, 3.05) is 18.4 Å². The lowest BCUT2D eigenvalue weighted by Gasteiger charge is -1.96. The second-order valence-corrected chi connectivity index (χ2v) is 4.39. The molecule has 2 rings (SSSR count). The van der Waals surface area contributed by atoms with Crippen molar-refractivity contribution >= 4 is 16.3 Å². The minimum atomic E-state index is 0.701. The van der Waals surface area contributed by atoms with Gasteiger partial charge < -0.3 is 11.1 Å². The van der Waals surface area contributed by atoms with Gasteiger partial charge in [-0.25, -0.2) is 4.98 Å². The Balaban J connectivity index is 2.17. The van der Waals surface area contributed by atoms with Crippen LogP contribution in [0.3, 0.4) is 0 Å². The standard InChI is InChI=1S/C9H15N3S/c10-5-4-8-12-7-3-1-2-6-11-9(7)13-8/h11H,1-6,10H2. The molecule has 4 heteroatoms. The zero-order valence-corrected chi connectivity index (χ0v) is 8.49. The Bertz CT molecular complexity index is 259. The van der Waals surface area contributed by atoms with Gasteiger partial charge in [0.15, 0.2) is 0 Å². The van der Waals surface area contributed by atoms with Gasteiger partial charge in [0.05, 0.1) is 10.7 Å². The quantitative estimate of drug-likeness (QED) is 0.753. The topological polar surface area (TPSA) is 50.9 Å². The first-order valence-electron chi connectivity index (χ1n) is 4.82. The SMILES string of the molecule is NCCc1nc2c(s1)NCCCC2. The lowest BCUT2D eigenvalue weighted by molar-refractivity contribution is 0.771. The average molecular weight is 197 g/mol. The maximum atomic E-state index is 5.50. The minimum absolute atomic E-state index is 0.701. The summed E-state index contributed by atoms with van der Waals surface area (Å²) in [5.41, 5.74) is 6.75. The number of fused-ring (bicyclic) bond motifs is 1. The van der Waals surface area contributed by atoms with Crippen LogP contribution in [0.2, 0.25) is 0 Å². The van der Waals surface area contributed by atoms with E-state index in [-0.39, 0.29) is 0 Å². The number of hydrogen-bond acceptors (Lipinski definition) is 4. The maximum Gasteiger partial charge on any atom is 0.112 e. The zero-order valence-electron chi connectivity index (χ0n) is 7.68. The van der Waals surface area contributed by atoms with Crippen molar-refractivity contribution in [1.82, 2.24) is 4.98 Å². The molecule has 0 unspecified atom stereocenters. The van der Waals surface area contributed by atoms with Crippen LogP contribution >= 0.6 is 11.3 Å². The molecule has 0 atom stereocenters. The lowest BCUT2D eigenvalue weighted by atomic mass is 10.2. The molecule has 0 fully saturated rings. The third kappa shape index (κ3) is 2.00. The Morgan fingerprint density at radius 3 is 3.23 bits per heavy atom. The van der Waals surface area contributed by atoms with Gasteiger partial charge in [-0.2, -0.15) is 0 Å². The first-order chi connectivity index (χ1) is 6.40. The smallest absolute Gasteiger partial charge is 0.112 e. The molecule has 0 aromatic carbocycles. The summed E-state index contributed by atoms with van der Waals surface area (Å²) in [6.07, 6.45) is 4.56. The summed E-state index contributed by atoms with van der Waals surface area (Å²) in [6, 6.07) is 0. The van der Waals surface area contributed by atoms with Crippen LogP contribution in [0.5, 0.6) is 0 Å². The number of hydrogen-bond donors (Lipinski definition) is 2. The van der Waals surface area contributed by atoms with Gasteiger partial charge in [-0.3, -0.25) is 0 Å². The van der Waals surface area contributed by atoms with Crippen molar-refractivity contribution in [2.24, 2.45) is 5.73 Å². The van der Waals surface area contributed by atoms with Gasteiger partial charge in [-0.15, -0.1) is 11.3 Å². The molecule has 1 aromatic heterocycles. The number of nitrogens with zero attached hydrogens (tertiary/aromatic N) is 1. The van der Waals surface area contributed by atoms with Crippen LogP contribution in [0.25, 0.3) is 0 Å². The summed E-state index contributed by atoms with van der Waals surface area (Å²) in [4.78, 5) is 4.58. The monoisotopic (exact) mass is 197 g/mol. The van der Waals surface area contributed by atoms with Crippen molar-refractivity contribution in [2.45, 2.75) is 25.7 Å². The summed E-state index contributed by atoms with van der Waals surface area (Å²) in [6.45, 7) is 1.80. The minimum Gasteiger partial charge on any atom is -0.375 e. The van der Waals surface area contributed by atoms with E-state index < -0.39 is 0 Å². The molecule has 2 heterocycles. The van der Waals surface area contributed by atoms with Crippen LogP contribution in [0.4, 0.5) is 5.00 Å². The number of rotatable bonds is 2. The molecule has 0 spiro atoms. The highest BCUT2D eigenvalue weighted by Gasteiger charge is 2.12.